The summed E-state index contributed by atoms with van der Waals surface area (Å²) in [6, 6.07) is 4.28. The van der Waals surface area contributed by atoms with Gasteiger partial charge < -0.3 is 10.1 Å². The van der Waals surface area contributed by atoms with E-state index in [9.17, 15) is 4.79 Å². The second-order valence-corrected chi connectivity index (χ2v) is 7.34. The fourth-order valence-electron chi connectivity index (χ4n) is 2.99. The molecule has 2 atom stereocenters. The van der Waals surface area contributed by atoms with Crippen LogP contribution in [0.3, 0.4) is 0 Å². The zero-order valence-corrected chi connectivity index (χ0v) is 14.7. The van der Waals surface area contributed by atoms with Gasteiger partial charge >= 0.3 is 6.09 Å². The third-order valence-corrected chi connectivity index (χ3v) is 4.12. The lowest BCUT2D eigenvalue weighted by molar-refractivity contribution is 0.0635. The van der Waals surface area contributed by atoms with Gasteiger partial charge in [-0.2, -0.15) is 0 Å². The van der Waals surface area contributed by atoms with Gasteiger partial charge in [0.2, 0.25) is 0 Å². The van der Waals surface area contributed by atoms with Gasteiger partial charge in [0.1, 0.15) is 11.4 Å². The van der Waals surface area contributed by atoms with E-state index in [1.165, 1.54) is 32.1 Å². The first-order valence-corrected chi connectivity index (χ1v) is 8.58. The zero-order chi connectivity index (χ0) is 16.9. The van der Waals surface area contributed by atoms with Crippen molar-refractivity contribution < 1.29 is 9.53 Å². The Kier molecular flexibility index (Phi) is 5.85. The highest BCUT2D eigenvalue weighted by molar-refractivity contribution is 5.83. The first kappa shape index (κ1) is 17.6. The van der Waals surface area contributed by atoms with Crippen LogP contribution in [0.25, 0.3) is 0 Å². The number of aromatic nitrogens is 1. The number of nitrogens with one attached hydrogen (secondary N) is 2. The number of hydrogen-bond donors (Lipinski definition) is 2. The van der Waals surface area contributed by atoms with Crippen molar-refractivity contribution in [3.8, 4) is 0 Å². The van der Waals surface area contributed by atoms with Crippen molar-refractivity contribution in [1.82, 2.24) is 4.98 Å². The summed E-state index contributed by atoms with van der Waals surface area (Å²) >= 11 is 0. The first-order chi connectivity index (χ1) is 10.9. The van der Waals surface area contributed by atoms with E-state index in [0.717, 1.165) is 11.6 Å². The number of carbonyl (C=O) groups is 1. The third-order valence-electron chi connectivity index (χ3n) is 4.12. The highest BCUT2D eigenvalue weighted by Gasteiger charge is 2.20. The van der Waals surface area contributed by atoms with Crippen LogP contribution in [-0.2, 0) is 4.74 Å². The van der Waals surface area contributed by atoms with Crippen LogP contribution < -0.4 is 10.6 Å². The second-order valence-electron chi connectivity index (χ2n) is 7.34. The van der Waals surface area contributed by atoms with E-state index in [4.69, 9.17) is 4.74 Å². The van der Waals surface area contributed by atoms with E-state index in [2.05, 4.69) is 22.5 Å². The molecule has 2 unspecified atom stereocenters. The standard InChI is InChI=1S/C18H29N3O2/c1-5-13-7-6-8-14(11-13)20-15-9-10-16(19-12-15)21-17(22)23-18(2,3)4/h9-10,12-14,20H,5-8,11H2,1-4H3,(H,19,21,22). The van der Waals surface area contributed by atoms with E-state index in [1.807, 2.05) is 26.8 Å². The van der Waals surface area contributed by atoms with Crippen LogP contribution in [0.15, 0.2) is 18.3 Å². The summed E-state index contributed by atoms with van der Waals surface area (Å²) in [6.07, 6.45) is 7.64. The second kappa shape index (κ2) is 7.66. The summed E-state index contributed by atoms with van der Waals surface area (Å²) < 4.78 is 5.21. The van der Waals surface area contributed by atoms with E-state index in [-0.39, 0.29) is 0 Å². The molecule has 1 aliphatic rings. The molecule has 0 saturated heterocycles. The lowest BCUT2D eigenvalue weighted by Crippen LogP contribution is -2.28. The van der Waals surface area contributed by atoms with Crippen LogP contribution in [0.4, 0.5) is 16.3 Å². The number of ether oxygens (including phenoxy) is 1. The van der Waals surface area contributed by atoms with Crippen molar-refractivity contribution in [2.75, 3.05) is 10.6 Å². The fourth-order valence-corrected chi connectivity index (χ4v) is 2.99. The molecule has 0 aliphatic heterocycles. The monoisotopic (exact) mass is 319 g/mol. The summed E-state index contributed by atoms with van der Waals surface area (Å²) in [6.45, 7) is 7.77. The van der Waals surface area contributed by atoms with Gasteiger partial charge in [-0.3, -0.25) is 5.32 Å². The summed E-state index contributed by atoms with van der Waals surface area (Å²) in [4.78, 5) is 16.0. The average Bonchev–Trinajstić information content (AvgIpc) is 2.47. The molecule has 1 saturated carbocycles. The summed E-state index contributed by atoms with van der Waals surface area (Å²) in [5, 5.41) is 6.20. The minimum Gasteiger partial charge on any atom is -0.444 e. The Morgan fingerprint density at radius 3 is 2.74 bits per heavy atom. The molecule has 2 N–H and O–H groups in total. The predicted octanol–water partition coefficient (Wildman–Crippen LogP) is 4.81. The smallest absolute Gasteiger partial charge is 0.413 e. The molecule has 0 bridgehead atoms. The number of pyridine rings is 1. The Morgan fingerprint density at radius 1 is 1.35 bits per heavy atom. The number of carbonyl (C=O) groups excluding carboxylic acids is 1. The molecule has 1 aromatic heterocycles. The van der Waals surface area contributed by atoms with Crippen LogP contribution >= 0.6 is 0 Å². The fraction of sp³-hybridized carbons (Fsp3) is 0.667. The topological polar surface area (TPSA) is 63.2 Å². The van der Waals surface area contributed by atoms with Crippen LogP contribution in [-0.4, -0.2) is 22.7 Å². The Balaban J connectivity index is 1.86. The van der Waals surface area contributed by atoms with Crippen molar-refractivity contribution >= 4 is 17.6 Å². The molecule has 1 aliphatic carbocycles. The molecule has 5 nitrogen and oxygen atoms in total. The number of nitrogens with zero attached hydrogens (tertiary/aromatic N) is 1. The Labute approximate surface area is 139 Å². The minimum absolute atomic E-state index is 0.483. The number of anilines is 2. The van der Waals surface area contributed by atoms with Crippen molar-refractivity contribution in [2.24, 2.45) is 5.92 Å². The van der Waals surface area contributed by atoms with Gasteiger partial charge in [0.25, 0.3) is 0 Å². The molecule has 0 radical (unpaired) electrons. The normalized spacial score (nSPS) is 21.6. The van der Waals surface area contributed by atoms with Crippen LogP contribution in [0.5, 0.6) is 0 Å². The molecule has 1 aromatic rings. The number of rotatable bonds is 4. The minimum atomic E-state index is -0.512. The lowest BCUT2D eigenvalue weighted by Gasteiger charge is -2.29. The predicted molar refractivity (Wildman–Crippen MR) is 93.8 cm³/mol. The van der Waals surface area contributed by atoms with E-state index in [0.29, 0.717) is 11.9 Å². The number of hydrogen-bond acceptors (Lipinski definition) is 4. The number of amides is 1. The molecule has 128 valence electrons. The van der Waals surface area contributed by atoms with Crippen LogP contribution in [0.2, 0.25) is 0 Å². The van der Waals surface area contributed by atoms with E-state index in [1.54, 1.807) is 12.3 Å². The molecular formula is C18H29N3O2. The highest BCUT2D eigenvalue weighted by atomic mass is 16.6. The molecule has 0 spiro atoms. The van der Waals surface area contributed by atoms with Crippen LogP contribution in [0.1, 0.15) is 59.8 Å². The summed E-state index contributed by atoms with van der Waals surface area (Å²) in [5.74, 6) is 1.34. The Morgan fingerprint density at radius 2 is 2.13 bits per heavy atom. The molecule has 1 heterocycles. The Hall–Kier alpha value is -1.78. The van der Waals surface area contributed by atoms with E-state index >= 15 is 0 Å². The maximum atomic E-state index is 11.7. The van der Waals surface area contributed by atoms with Gasteiger partial charge in [-0.15, -0.1) is 0 Å². The van der Waals surface area contributed by atoms with Crippen molar-refractivity contribution in [3.63, 3.8) is 0 Å². The summed E-state index contributed by atoms with van der Waals surface area (Å²) in [7, 11) is 0. The maximum Gasteiger partial charge on any atom is 0.413 e. The molecule has 1 fully saturated rings. The average molecular weight is 319 g/mol. The first-order valence-electron chi connectivity index (χ1n) is 8.58. The maximum absolute atomic E-state index is 11.7. The highest BCUT2D eigenvalue weighted by Crippen LogP contribution is 2.28. The van der Waals surface area contributed by atoms with Gasteiger partial charge in [-0.05, 0) is 51.7 Å². The van der Waals surface area contributed by atoms with Gasteiger partial charge in [0, 0.05) is 6.04 Å². The molecule has 2 rings (SSSR count). The molecule has 5 heteroatoms. The van der Waals surface area contributed by atoms with Gasteiger partial charge in [-0.1, -0.05) is 26.2 Å². The zero-order valence-electron chi connectivity index (χ0n) is 14.7. The SMILES string of the molecule is CCC1CCCC(Nc2ccc(NC(=O)OC(C)(C)C)nc2)C1. The van der Waals surface area contributed by atoms with E-state index < -0.39 is 11.7 Å². The van der Waals surface area contributed by atoms with Crippen molar-refractivity contribution in [2.45, 2.75) is 71.4 Å². The van der Waals surface area contributed by atoms with Gasteiger partial charge in [-0.25, -0.2) is 9.78 Å². The summed E-state index contributed by atoms with van der Waals surface area (Å²) in [5.41, 5.74) is 0.490. The Bertz CT molecular complexity index is 508. The largest absolute Gasteiger partial charge is 0.444 e. The third kappa shape index (κ3) is 6.08. The van der Waals surface area contributed by atoms with Crippen molar-refractivity contribution in [3.05, 3.63) is 18.3 Å². The molecule has 1 amide bonds. The molecule has 23 heavy (non-hydrogen) atoms. The molecule has 0 aromatic carbocycles. The van der Waals surface area contributed by atoms with Gasteiger partial charge in [0.05, 0.1) is 11.9 Å². The van der Waals surface area contributed by atoms with Crippen LogP contribution in [0, 0.1) is 5.92 Å². The lowest BCUT2D eigenvalue weighted by atomic mass is 9.84. The van der Waals surface area contributed by atoms with Crippen molar-refractivity contribution in [1.29, 1.82) is 0 Å². The molecular weight excluding hydrogens is 290 g/mol. The van der Waals surface area contributed by atoms with Gasteiger partial charge in [0.15, 0.2) is 0 Å². The quantitative estimate of drug-likeness (QED) is 0.836.